The maximum Gasteiger partial charge on any atom is 0.417 e. The first-order valence-corrected chi connectivity index (χ1v) is 8.53. The molecule has 2 rings (SSSR count). The zero-order valence-electron chi connectivity index (χ0n) is 15.0. The Bertz CT molecular complexity index is 739. The smallest absolute Gasteiger partial charge is 0.417 e. The minimum Gasteiger partial charge on any atom is -0.466 e. The number of aryl methyl sites for hydroxylation is 1. The molecule has 0 aliphatic heterocycles. The van der Waals surface area contributed by atoms with Crippen molar-refractivity contribution in [3.05, 3.63) is 41.3 Å². The lowest BCUT2D eigenvalue weighted by molar-refractivity contribution is -0.143. The second-order valence-electron chi connectivity index (χ2n) is 6.00. The summed E-state index contributed by atoms with van der Waals surface area (Å²) in [7, 11) is 0. The third-order valence-corrected chi connectivity index (χ3v) is 4.12. The van der Waals surface area contributed by atoms with Gasteiger partial charge < -0.3 is 4.74 Å². The molecule has 0 spiro atoms. The van der Waals surface area contributed by atoms with Gasteiger partial charge in [-0.15, -0.1) is 0 Å². The van der Waals surface area contributed by atoms with Crippen LogP contribution in [0.25, 0.3) is 5.82 Å². The van der Waals surface area contributed by atoms with E-state index >= 15 is 0 Å². The first-order valence-electron chi connectivity index (χ1n) is 8.53. The molecule has 1 unspecified atom stereocenters. The number of esters is 1. The van der Waals surface area contributed by atoms with Crippen LogP contribution in [0, 0.1) is 0 Å². The van der Waals surface area contributed by atoms with Crippen LogP contribution >= 0.6 is 0 Å². The van der Waals surface area contributed by atoms with Crippen molar-refractivity contribution >= 4 is 5.97 Å². The van der Waals surface area contributed by atoms with Crippen molar-refractivity contribution in [2.75, 3.05) is 6.61 Å². The fourth-order valence-electron chi connectivity index (χ4n) is 2.50. The molecule has 0 aromatic carbocycles. The molecular formula is C18H22F3N3O2. The number of halogens is 3. The molecule has 0 radical (unpaired) electrons. The SMILES string of the molecule is CCOC(=O)CCc1cn(-c2ccc(C(F)(F)F)cn2)nc1C(C)CC. The molecule has 0 saturated carbocycles. The van der Waals surface area contributed by atoms with Crippen molar-refractivity contribution in [1.29, 1.82) is 0 Å². The Morgan fingerprint density at radius 2 is 2.04 bits per heavy atom. The number of alkyl halides is 3. The summed E-state index contributed by atoms with van der Waals surface area (Å²) in [6, 6.07) is 2.26. The minimum absolute atomic E-state index is 0.155. The normalized spacial score (nSPS) is 12.8. The molecule has 0 N–H and O–H groups in total. The van der Waals surface area contributed by atoms with E-state index in [2.05, 4.69) is 10.1 Å². The first-order chi connectivity index (χ1) is 12.3. The monoisotopic (exact) mass is 369 g/mol. The molecule has 0 fully saturated rings. The number of hydrogen-bond donors (Lipinski definition) is 0. The lowest BCUT2D eigenvalue weighted by Gasteiger charge is -2.08. The Balaban J connectivity index is 2.27. The van der Waals surface area contributed by atoms with E-state index < -0.39 is 11.7 Å². The van der Waals surface area contributed by atoms with E-state index in [1.807, 2.05) is 13.8 Å². The quantitative estimate of drug-likeness (QED) is 0.683. The molecule has 2 aromatic rings. The lowest BCUT2D eigenvalue weighted by Crippen LogP contribution is -2.07. The molecule has 0 aliphatic carbocycles. The molecule has 0 bridgehead atoms. The largest absolute Gasteiger partial charge is 0.466 e. The molecule has 8 heteroatoms. The minimum atomic E-state index is -4.43. The van der Waals surface area contributed by atoms with E-state index in [0.717, 1.165) is 29.9 Å². The molecular weight excluding hydrogens is 347 g/mol. The van der Waals surface area contributed by atoms with Gasteiger partial charge >= 0.3 is 12.1 Å². The highest BCUT2D eigenvalue weighted by Crippen LogP contribution is 2.29. The second-order valence-corrected chi connectivity index (χ2v) is 6.00. The van der Waals surface area contributed by atoms with Crippen molar-refractivity contribution in [3.8, 4) is 5.82 Å². The van der Waals surface area contributed by atoms with Crippen LogP contribution < -0.4 is 0 Å². The predicted octanol–water partition coefficient (Wildman–Crippen LogP) is 4.30. The maximum atomic E-state index is 12.7. The van der Waals surface area contributed by atoms with Gasteiger partial charge in [-0.05, 0) is 37.5 Å². The van der Waals surface area contributed by atoms with E-state index in [0.29, 0.717) is 18.8 Å². The van der Waals surface area contributed by atoms with E-state index in [1.165, 1.54) is 10.7 Å². The highest BCUT2D eigenvalue weighted by Gasteiger charge is 2.30. The highest BCUT2D eigenvalue weighted by molar-refractivity contribution is 5.69. The number of aromatic nitrogens is 3. The molecule has 0 saturated heterocycles. The summed E-state index contributed by atoms with van der Waals surface area (Å²) in [6.45, 7) is 6.11. The van der Waals surface area contributed by atoms with Gasteiger partial charge in [-0.25, -0.2) is 9.67 Å². The van der Waals surface area contributed by atoms with Crippen LogP contribution in [0.15, 0.2) is 24.5 Å². The summed E-state index contributed by atoms with van der Waals surface area (Å²) in [5.74, 6) is 0.163. The summed E-state index contributed by atoms with van der Waals surface area (Å²) in [5.41, 5.74) is 0.880. The molecule has 1 atom stereocenters. The number of nitrogens with zero attached hydrogens (tertiary/aromatic N) is 3. The Labute approximate surface area is 150 Å². The van der Waals surface area contributed by atoms with Crippen LogP contribution in [0.3, 0.4) is 0 Å². The number of hydrogen-bond acceptors (Lipinski definition) is 4. The Hall–Kier alpha value is -2.38. The predicted molar refractivity (Wildman–Crippen MR) is 90.0 cm³/mol. The molecule has 5 nitrogen and oxygen atoms in total. The molecule has 26 heavy (non-hydrogen) atoms. The van der Waals surface area contributed by atoms with Crippen LogP contribution in [0.5, 0.6) is 0 Å². The third-order valence-electron chi connectivity index (χ3n) is 4.12. The third kappa shape index (κ3) is 4.83. The van der Waals surface area contributed by atoms with Crippen molar-refractivity contribution in [2.24, 2.45) is 0 Å². The zero-order chi connectivity index (χ0) is 19.3. The summed E-state index contributed by atoms with van der Waals surface area (Å²) in [5, 5.41) is 4.49. The van der Waals surface area contributed by atoms with E-state index in [4.69, 9.17) is 4.74 Å². The van der Waals surface area contributed by atoms with Crippen LogP contribution in [0.2, 0.25) is 0 Å². The summed E-state index contributed by atoms with van der Waals surface area (Å²) >= 11 is 0. The van der Waals surface area contributed by atoms with Gasteiger partial charge in [-0.3, -0.25) is 4.79 Å². The highest BCUT2D eigenvalue weighted by atomic mass is 19.4. The number of rotatable bonds is 7. The van der Waals surface area contributed by atoms with Gasteiger partial charge in [0.05, 0.1) is 17.9 Å². The van der Waals surface area contributed by atoms with E-state index in [1.54, 1.807) is 13.1 Å². The molecule has 142 valence electrons. The Morgan fingerprint density at radius 1 is 1.31 bits per heavy atom. The molecule has 2 heterocycles. The molecule has 0 aliphatic rings. The van der Waals surface area contributed by atoms with Crippen molar-refractivity contribution in [1.82, 2.24) is 14.8 Å². The number of carbonyl (C=O) groups excluding carboxylic acids is 1. The fourth-order valence-corrected chi connectivity index (χ4v) is 2.50. The van der Waals surface area contributed by atoms with Crippen molar-refractivity contribution < 1.29 is 22.7 Å². The molecule has 2 aromatic heterocycles. The van der Waals surface area contributed by atoms with Gasteiger partial charge in [0, 0.05) is 24.7 Å². The molecule has 0 amide bonds. The van der Waals surface area contributed by atoms with Crippen molar-refractivity contribution in [2.45, 2.75) is 52.1 Å². The van der Waals surface area contributed by atoms with Gasteiger partial charge in [0.15, 0.2) is 5.82 Å². The Morgan fingerprint density at radius 3 is 2.58 bits per heavy atom. The van der Waals surface area contributed by atoms with Gasteiger partial charge in [0.1, 0.15) is 0 Å². The topological polar surface area (TPSA) is 57.0 Å². The second kappa shape index (κ2) is 8.33. The van der Waals surface area contributed by atoms with Gasteiger partial charge in [0.2, 0.25) is 0 Å². The Kier molecular flexibility index (Phi) is 6.39. The first kappa shape index (κ1) is 19.9. The summed E-state index contributed by atoms with van der Waals surface area (Å²) < 4.78 is 44.4. The number of carbonyl (C=O) groups is 1. The lowest BCUT2D eigenvalue weighted by atomic mass is 9.99. The average molecular weight is 369 g/mol. The van der Waals surface area contributed by atoms with Crippen LogP contribution in [-0.4, -0.2) is 27.3 Å². The van der Waals surface area contributed by atoms with Crippen molar-refractivity contribution in [3.63, 3.8) is 0 Å². The van der Waals surface area contributed by atoms with Crippen LogP contribution in [0.1, 0.15) is 56.4 Å². The van der Waals surface area contributed by atoms with Gasteiger partial charge in [0.25, 0.3) is 0 Å². The zero-order valence-corrected chi connectivity index (χ0v) is 15.0. The average Bonchev–Trinajstić information content (AvgIpc) is 3.03. The summed E-state index contributed by atoms with van der Waals surface area (Å²) in [6.07, 6.45) is -0.386. The fraction of sp³-hybridized carbons (Fsp3) is 0.500. The maximum absolute atomic E-state index is 12.7. The van der Waals surface area contributed by atoms with Crippen LogP contribution in [-0.2, 0) is 22.1 Å². The van der Waals surface area contributed by atoms with Gasteiger partial charge in [-0.2, -0.15) is 18.3 Å². The number of pyridine rings is 1. The van der Waals surface area contributed by atoms with E-state index in [-0.39, 0.29) is 18.3 Å². The number of ether oxygens (including phenoxy) is 1. The summed E-state index contributed by atoms with van der Waals surface area (Å²) in [4.78, 5) is 15.5. The van der Waals surface area contributed by atoms with E-state index in [9.17, 15) is 18.0 Å². The standard InChI is InChI=1S/C18H22F3N3O2/c1-4-12(3)17-13(6-9-16(25)26-5-2)11-24(23-17)15-8-7-14(10-22-15)18(19,20)21/h7-8,10-12H,4-6,9H2,1-3H3. The van der Waals surface area contributed by atoms with Crippen LogP contribution in [0.4, 0.5) is 13.2 Å². The van der Waals surface area contributed by atoms with Gasteiger partial charge in [-0.1, -0.05) is 13.8 Å².